The van der Waals surface area contributed by atoms with Crippen LogP contribution in [-0.2, 0) is 10.2 Å². The molecule has 2 aromatic carbocycles. The smallest absolute Gasteiger partial charge is 0.348 e. The molecule has 1 N–H and O–H groups in total. The van der Waals surface area contributed by atoms with E-state index in [1.807, 2.05) is 57.3 Å². The number of aromatic nitrogens is 2. The molecular weight excluding hydrogens is 406 g/mol. The Kier molecular flexibility index (Phi) is 5.21. The number of thiophene rings is 1. The van der Waals surface area contributed by atoms with Crippen LogP contribution in [0.15, 0.2) is 48.7 Å². The lowest BCUT2D eigenvalue weighted by molar-refractivity contribution is 0.00753. The quantitative estimate of drug-likeness (QED) is 0.358. The van der Waals surface area contributed by atoms with E-state index in [0.29, 0.717) is 10.8 Å². The van der Waals surface area contributed by atoms with Gasteiger partial charge in [0.05, 0.1) is 5.52 Å². The average Bonchev–Trinajstić information content (AvgIpc) is 3.11. The predicted octanol–water partition coefficient (Wildman–Crippen LogP) is 6.84. The molecule has 0 atom stereocenters. The SMILES string of the molecule is CC(C)(C)OC(=O)c1cc2c(ccc3cnc(Nc4cccc(C(C)(C)C)c4)nc32)s1. The summed E-state index contributed by atoms with van der Waals surface area (Å²) in [5, 5.41) is 5.18. The number of esters is 1. The van der Waals surface area contributed by atoms with Gasteiger partial charge in [0, 0.05) is 27.4 Å². The van der Waals surface area contributed by atoms with Gasteiger partial charge in [-0.2, -0.15) is 0 Å². The number of nitrogens with one attached hydrogen (secondary N) is 1. The third-order valence-corrected chi connectivity index (χ3v) is 5.91. The highest BCUT2D eigenvalue weighted by Gasteiger charge is 2.21. The molecule has 0 saturated heterocycles. The molecular formula is C25H27N3O2S. The summed E-state index contributed by atoms with van der Waals surface area (Å²) in [5.41, 5.74) is 2.52. The molecule has 2 aromatic heterocycles. The number of benzene rings is 2. The minimum atomic E-state index is -0.532. The summed E-state index contributed by atoms with van der Waals surface area (Å²) < 4.78 is 6.53. The number of hydrogen-bond acceptors (Lipinski definition) is 6. The Labute approximate surface area is 186 Å². The lowest BCUT2D eigenvalue weighted by Gasteiger charge is -2.19. The van der Waals surface area contributed by atoms with E-state index >= 15 is 0 Å². The summed E-state index contributed by atoms with van der Waals surface area (Å²) in [5.74, 6) is 0.212. The standard InChI is InChI=1S/C25H27N3O2S/c1-24(2,3)16-8-7-9-17(12-16)27-23-26-14-15-10-11-19-18(21(15)28-23)13-20(31-19)22(29)30-25(4,5)6/h7-14H,1-6H3,(H,26,27,28). The van der Waals surface area contributed by atoms with Crippen molar-refractivity contribution in [2.75, 3.05) is 5.32 Å². The first-order valence-electron chi connectivity index (χ1n) is 10.3. The van der Waals surface area contributed by atoms with E-state index in [4.69, 9.17) is 9.72 Å². The second-order valence-electron chi connectivity index (χ2n) is 9.68. The maximum Gasteiger partial charge on any atom is 0.348 e. The molecule has 6 heteroatoms. The molecule has 0 amide bonds. The fourth-order valence-corrected chi connectivity index (χ4v) is 4.23. The van der Waals surface area contributed by atoms with E-state index in [1.165, 1.54) is 16.9 Å². The van der Waals surface area contributed by atoms with Gasteiger partial charge in [0.25, 0.3) is 0 Å². The van der Waals surface area contributed by atoms with E-state index in [9.17, 15) is 4.79 Å². The van der Waals surface area contributed by atoms with Crippen molar-refractivity contribution in [1.82, 2.24) is 9.97 Å². The first-order valence-corrected chi connectivity index (χ1v) is 11.1. The highest BCUT2D eigenvalue weighted by atomic mass is 32.1. The Morgan fingerprint density at radius 3 is 2.52 bits per heavy atom. The Morgan fingerprint density at radius 1 is 1.03 bits per heavy atom. The van der Waals surface area contributed by atoms with Crippen molar-refractivity contribution >= 4 is 49.9 Å². The first kappa shape index (κ1) is 21.2. The molecule has 0 bridgehead atoms. The zero-order chi connectivity index (χ0) is 22.4. The van der Waals surface area contributed by atoms with Gasteiger partial charge in [-0.05, 0) is 62.1 Å². The summed E-state index contributed by atoms with van der Waals surface area (Å²) in [6.07, 6.45) is 1.81. The lowest BCUT2D eigenvalue weighted by Crippen LogP contribution is -2.23. The van der Waals surface area contributed by atoms with Crippen LogP contribution in [-0.4, -0.2) is 21.5 Å². The average molecular weight is 434 g/mol. The molecule has 0 aliphatic heterocycles. The number of rotatable bonds is 3. The van der Waals surface area contributed by atoms with Crippen molar-refractivity contribution in [3.05, 3.63) is 59.1 Å². The summed E-state index contributed by atoms with van der Waals surface area (Å²) >= 11 is 1.42. The van der Waals surface area contributed by atoms with Crippen molar-refractivity contribution in [3.8, 4) is 0 Å². The van der Waals surface area contributed by atoms with Gasteiger partial charge < -0.3 is 10.1 Å². The van der Waals surface area contributed by atoms with Crippen molar-refractivity contribution in [1.29, 1.82) is 0 Å². The summed E-state index contributed by atoms with van der Waals surface area (Å²) in [6, 6.07) is 14.1. The number of carbonyl (C=O) groups excluding carboxylic acids is 1. The van der Waals surface area contributed by atoms with Crippen LogP contribution in [0.3, 0.4) is 0 Å². The highest BCUT2D eigenvalue weighted by Crippen LogP contribution is 2.33. The van der Waals surface area contributed by atoms with Gasteiger partial charge in [-0.3, -0.25) is 0 Å². The van der Waals surface area contributed by atoms with Crippen LogP contribution in [0.1, 0.15) is 56.8 Å². The fourth-order valence-electron chi connectivity index (χ4n) is 3.29. The molecule has 0 unspecified atom stereocenters. The number of fused-ring (bicyclic) bond motifs is 3. The van der Waals surface area contributed by atoms with Crippen molar-refractivity contribution < 1.29 is 9.53 Å². The second-order valence-corrected chi connectivity index (χ2v) is 10.8. The summed E-state index contributed by atoms with van der Waals surface area (Å²) in [6.45, 7) is 12.2. The molecule has 0 spiro atoms. The first-order chi connectivity index (χ1) is 14.5. The number of carbonyl (C=O) groups is 1. The van der Waals surface area contributed by atoms with E-state index in [2.05, 4.69) is 43.2 Å². The summed E-state index contributed by atoms with van der Waals surface area (Å²) in [7, 11) is 0. The van der Waals surface area contributed by atoms with Gasteiger partial charge in [-0.15, -0.1) is 11.3 Å². The van der Waals surface area contributed by atoms with E-state index in [-0.39, 0.29) is 11.4 Å². The minimum Gasteiger partial charge on any atom is -0.456 e. The van der Waals surface area contributed by atoms with Crippen LogP contribution in [0.5, 0.6) is 0 Å². The van der Waals surface area contributed by atoms with Crippen molar-refractivity contribution in [2.24, 2.45) is 0 Å². The van der Waals surface area contributed by atoms with Gasteiger partial charge in [0.2, 0.25) is 5.95 Å². The molecule has 5 nitrogen and oxygen atoms in total. The van der Waals surface area contributed by atoms with Crippen LogP contribution in [0.25, 0.3) is 21.0 Å². The van der Waals surface area contributed by atoms with Gasteiger partial charge in [-0.25, -0.2) is 14.8 Å². The van der Waals surface area contributed by atoms with Gasteiger partial charge in [0.15, 0.2) is 0 Å². The van der Waals surface area contributed by atoms with Crippen LogP contribution in [0, 0.1) is 0 Å². The topological polar surface area (TPSA) is 64.1 Å². The third kappa shape index (κ3) is 4.69. The number of hydrogen-bond donors (Lipinski definition) is 1. The van der Waals surface area contributed by atoms with Gasteiger partial charge in [0.1, 0.15) is 10.5 Å². The monoisotopic (exact) mass is 433 g/mol. The molecule has 4 rings (SSSR count). The molecule has 2 heterocycles. The van der Waals surface area contributed by atoms with E-state index < -0.39 is 5.60 Å². The van der Waals surface area contributed by atoms with Crippen LogP contribution < -0.4 is 5.32 Å². The van der Waals surface area contributed by atoms with E-state index in [1.54, 1.807) is 0 Å². The normalized spacial score (nSPS) is 12.3. The Morgan fingerprint density at radius 2 is 1.81 bits per heavy atom. The molecule has 0 aliphatic carbocycles. The fraction of sp³-hybridized carbons (Fsp3) is 0.320. The zero-order valence-electron chi connectivity index (χ0n) is 18.7. The Bertz CT molecular complexity index is 1280. The van der Waals surface area contributed by atoms with Gasteiger partial charge in [-0.1, -0.05) is 32.9 Å². The number of nitrogens with zero attached hydrogens (tertiary/aromatic N) is 2. The maximum atomic E-state index is 12.5. The summed E-state index contributed by atoms with van der Waals surface area (Å²) in [4.78, 5) is 22.4. The molecule has 160 valence electrons. The van der Waals surface area contributed by atoms with Crippen molar-refractivity contribution in [3.63, 3.8) is 0 Å². The predicted molar refractivity (Wildman–Crippen MR) is 129 cm³/mol. The second kappa shape index (κ2) is 7.61. The molecule has 0 fully saturated rings. The molecule has 4 aromatic rings. The maximum absolute atomic E-state index is 12.5. The Hall–Kier alpha value is -2.99. The van der Waals surface area contributed by atoms with Crippen LogP contribution >= 0.6 is 11.3 Å². The number of ether oxygens (including phenoxy) is 1. The largest absolute Gasteiger partial charge is 0.456 e. The van der Waals surface area contributed by atoms with Gasteiger partial charge >= 0.3 is 5.97 Å². The molecule has 0 radical (unpaired) electrons. The minimum absolute atomic E-state index is 0.0584. The lowest BCUT2D eigenvalue weighted by atomic mass is 9.87. The molecule has 0 aliphatic rings. The van der Waals surface area contributed by atoms with Crippen LogP contribution in [0.2, 0.25) is 0 Å². The number of anilines is 2. The Balaban J connectivity index is 1.71. The van der Waals surface area contributed by atoms with Crippen LogP contribution in [0.4, 0.5) is 11.6 Å². The van der Waals surface area contributed by atoms with E-state index in [0.717, 1.165) is 26.7 Å². The molecule has 0 saturated carbocycles. The van der Waals surface area contributed by atoms with Crippen molar-refractivity contribution in [2.45, 2.75) is 52.6 Å². The highest BCUT2D eigenvalue weighted by molar-refractivity contribution is 7.20. The third-order valence-electron chi connectivity index (χ3n) is 4.83. The zero-order valence-corrected chi connectivity index (χ0v) is 19.6. The molecule has 31 heavy (non-hydrogen) atoms.